The van der Waals surface area contributed by atoms with Gasteiger partial charge in [-0.2, -0.15) is 0 Å². The second-order valence-corrected chi connectivity index (χ2v) is 9.23. The first-order valence-electron chi connectivity index (χ1n) is 10.5. The number of sulfonamides is 1. The third-order valence-corrected chi connectivity index (χ3v) is 6.87. The van der Waals surface area contributed by atoms with Crippen LogP contribution in [0, 0.1) is 6.92 Å². The molecule has 0 aromatic heterocycles. The van der Waals surface area contributed by atoms with E-state index in [0.717, 1.165) is 11.1 Å². The molecule has 0 saturated heterocycles. The number of para-hydroxylation sites is 1. The van der Waals surface area contributed by atoms with E-state index >= 15 is 0 Å². The topological polar surface area (TPSA) is 92.8 Å². The third kappa shape index (κ3) is 6.20. The molecule has 0 saturated carbocycles. The van der Waals surface area contributed by atoms with Gasteiger partial charge in [0, 0.05) is 13.1 Å². The number of hydrogen-bond donors (Lipinski definition) is 1. The van der Waals surface area contributed by atoms with Crippen LogP contribution in [0.4, 0.5) is 5.69 Å². The van der Waals surface area contributed by atoms with Gasteiger partial charge >= 0.3 is 5.97 Å². The highest BCUT2D eigenvalue weighted by atomic mass is 32.2. The van der Waals surface area contributed by atoms with Crippen molar-refractivity contribution in [1.82, 2.24) is 5.32 Å². The molecule has 0 fully saturated rings. The number of esters is 1. The minimum Gasteiger partial charge on any atom is -0.452 e. The summed E-state index contributed by atoms with van der Waals surface area (Å²) in [6.45, 7) is 3.89. The maximum absolute atomic E-state index is 13.0. The van der Waals surface area contributed by atoms with Gasteiger partial charge in [-0.05, 0) is 55.8 Å². The molecule has 0 bridgehead atoms. The molecule has 1 N–H and O–H groups in total. The van der Waals surface area contributed by atoms with E-state index in [1.165, 1.54) is 28.6 Å². The third-order valence-electron chi connectivity index (χ3n) is 4.95. The van der Waals surface area contributed by atoms with Crippen molar-refractivity contribution in [3.8, 4) is 0 Å². The van der Waals surface area contributed by atoms with Gasteiger partial charge in [-0.25, -0.2) is 13.2 Å². The zero-order chi connectivity index (χ0) is 23.8. The molecular formula is C25H26N2O5S. The highest BCUT2D eigenvalue weighted by Crippen LogP contribution is 2.23. The Kier molecular flexibility index (Phi) is 7.84. The predicted octanol–water partition coefficient (Wildman–Crippen LogP) is 3.68. The molecule has 0 atom stereocenters. The lowest BCUT2D eigenvalue weighted by Crippen LogP contribution is -2.30. The number of carbonyl (C=O) groups is 2. The first-order valence-corrected chi connectivity index (χ1v) is 11.9. The first-order chi connectivity index (χ1) is 15.8. The Morgan fingerprint density at radius 1 is 0.909 bits per heavy atom. The smallest absolute Gasteiger partial charge is 0.338 e. The molecule has 0 radical (unpaired) electrons. The van der Waals surface area contributed by atoms with Crippen LogP contribution in [0.25, 0.3) is 0 Å². The lowest BCUT2D eigenvalue weighted by molar-refractivity contribution is -0.124. The molecule has 33 heavy (non-hydrogen) atoms. The summed E-state index contributed by atoms with van der Waals surface area (Å²) >= 11 is 0. The van der Waals surface area contributed by atoms with E-state index in [1.54, 1.807) is 31.2 Å². The molecule has 0 spiro atoms. The molecule has 0 unspecified atom stereocenters. The van der Waals surface area contributed by atoms with Crippen LogP contribution in [0.5, 0.6) is 0 Å². The monoisotopic (exact) mass is 466 g/mol. The number of ether oxygens (including phenoxy) is 1. The van der Waals surface area contributed by atoms with E-state index in [2.05, 4.69) is 5.32 Å². The molecule has 3 aromatic carbocycles. The summed E-state index contributed by atoms with van der Waals surface area (Å²) in [6.07, 6.45) is 0. The SMILES string of the molecule is CCN(c1ccccc1)S(=O)(=O)c1ccc(C(=O)OCC(=O)NCc2ccc(C)cc2)cc1. The van der Waals surface area contributed by atoms with Crippen molar-refractivity contribution in [2.24, 2.45) is 0 Å². The average molecular weight is 467 g/mol. The largest absolute Gasteiger partial charge is 0.452 e. The minimum absolute atomic E-state index is 0.0561. The normalized spacial score (nSPS) is 11.0. The van der Waals surface area contributed by atoms with Crippen molar-refractivity contribution in [1.29, 1.82) is 0 Å². The van der Waals surface area contributed by atoms with Crippen LogP contribution in [0.1, 0.15) is 28.4 Å². The summed E-state index contributed by atoms with van der Waals surface area (Å²) in [7, 11) is -3.79. The van der Waals surface area contributed by atoms with Crippen molar-refractivity contribution in [2.75, 3.05) is 17.5 Å². The summed E-state index contributed by atoms with van der Waals surface area (Å²) in [5, 5.41) is 2.69. The van der Waals surface area contributed by atoms with Gasteiger partial charge in [0.1, 0.15) is 0 Å². The molecule has 172 valence electrons. The zero-order valence-electron chi connectivity index (χ0n) is 18.5. The first kappa shape index (κ1) is 24.0. The molecule has 0 heterocycles. The van der Waals surface area contributed by atoms with E-state index < -0.39 is 28.5 Å². The van der Waals surface area contributed by atoms with Crippen molar-refractivity contribution in [3.05, 3.63) is 95.6 Å². The minimum atomic E-state index is -3.79. The molecule has 8 heteroatoms. The number of amides is 1. The molecule has 3 aromatic rings. The fourth-order valence-electron chi connectivity index (χ4n) is 3.15. The van der Waals surface area contributed by atoms with E-state index in [1.807, 2.05) is 37.3 Å². The molecule has 0 aliphatic carbocycles. The Morgan fingerprint density at radius 2 is 1.55 bits per heavy atom. The van der Waals surface area contributed by atoms with Crippen molar-refractivity contribution >= 4 is 27.6 Å². The molecule has 3 rings (SSSR count). The Balaban J connectivity index is 1.58. The van der Waals surface area contributed by atoms with Crippen molar-refractivity contribution < 1.29 is 22.7 Å². The molecule has 7 nitrogen and oxygen atoms in total. The van der Waals surface area contributed by atoms with Crippen LogP contribution in [-0.2, 0) is 26.1 Å². The van der Waals surface area contributed by atoms with Crippen LogP contribution in [0.2, 0.25) is 0 Å². The Labute approximate surface area is 194 Å². The predicted molar refractivity (Wildman–Crippen MR) is 126 cm³/mol. The van der Waals surface area contributed by atoms with Crippen LogP contribution in [0.3, 0.4) is 0 Å². The standard InChI is InChI=1S/C25H26N2O5S/c1-3-27(22-7-5-4-6-8-22)33(30,31)23-15-13-21(14-16-23)25(29)32-18-24(28)26-17-20-11-9-19(2)10-12-20/h4-16H,3,17-18H2,1-2H3,(H,26,28). The van der Waals surface area contributed by atoms with Crippen LogP contribution in [0.15, 0.2) is 83.8 Å². The Morgan fingerprint density at radius 3 is 2.15 bits per heavy atom. The van der Waals surface area contributed by atoms with Crippen molar-refractivity contribution in [2.45, 2.75) is 25.3 Å². The van der Waals surface area contributed by atoms with E-state index in [-0.39, 0.29) is 17.0 Å². The highest BCUT2D eigenvalue weighted by molar-refractivity contribution is 7.92. The summed E-state index contributed by atoms with van der Waals surface area (Å²) in [5.74, 6) is -1.13. The number of anilines is 1. The lowest BCUT2D eigenvalue weighted by atomic mass is 10.1. The van der Waals surface area contributed by atoms with Gasteiger partial charge in [0.05, 0.1) is 16.1 Å². The van der Waals surface area contributed by atoms with E-state index in [0.29, 0.717) is 12.2 Å². The summed E-state index contributed by atoms with van der Waals surface area (Å²) in [6, 6.07) is 22.0. The van der Waals surface area contributed by atoms with Crippen LogP contribution in [-0.4, -0.2) is 33.4 Å². The number of benzene rings is 3. The fourth-order valence-corrected chi connectivity index (χ4v) is 4.62. The average Bonchev–Trinajstić information content (AvgIpc) is 2.83. The second-order valence-electron chi connectivity index (χ2n) is 7.37. The molecule has 0 aliphatic heterocycles. The summed E-state index contributed by atoms with van der Waals surface area (Å²) in [4.78, 5) is 24.3. The van der Waals surface area contributed by atoms with Gasteiger partial charge in [-0.15, -0.1) is 0 Å². The number of nitrogens with zero attached hydrogens (tertiary/aromatic N) is 1. The summed E-state index contributed by atoms with van der Waals surface area (Å²) in [5.41, 5.74) is 2.78. The quantitative estimate of drug-likeness (QED) is 0.486. The van der Waals surface area contributed by atoms with Gasteiger partial charge in [-0.3, -0.25) is 9.10 Å². The van der Waals surface area contributed by atoms with Gasteiger partial charge < -0.3 is 10.1 Å². The van der Waals surface area contributed by atoms with Gasteiger partial charge in [-0.1, -0.05) is 48.0 Å². The Bertz CT molecular complexity index is 1190. The molecular weight excluding hydrogens is 440 g/mol. The number of nitrogens with one attached hydrogen (secondary N) is 1. The van der Waals surface area contributed by atoms with Crippen LogP contribution < -0.4 is 9.62 Å². The van der Waals surface area contributed by atoms with E-state index in [9.17, 15) is 18.0 Å². The maximum Gasteiger partial charge on any atom is 0.338 e. The van der Waals surface area contributed by atoms with Gasteiger partial charge in [0.15, 0.2) is 6.61 Å². The van der Waals surface area contributed by atoms with Gasteiger partial charge in [0.25, 0.3) is 15.9 Å². The van der Waals surface area contributed by atoms with E-state index in [4.69, 9.17) is 4.74 Å². The van der Waals surface area contributed by atoms with Crippen LogP contribution >= 0.6 is 0 Å². The fraction of sp³-hybridized carbons (Fsp3) is 0.200. The maximum atomic E-state index is 13.0. The molecule has 1 amide bonds. The summed E-state index contributed by atoms with van der Waals surface area (Å²) < 4.78 is 32.4. The number of hydrogen-bond acceptors (Lipinski definition) is 5. The second kappa shape index (κ2) is 10.8. The van der Waals surface area contributed by atoms with Crippen molar-refractivity contribution in [3.63, 3.8) is 0 Å². The van der Waals surface area contributed by atoms with Gasteiger partial charge in [0.2, 0.25) is 0 Å². The zero-order valence-corrected chi connectivity index (χ0v) is 19.3. The molecule has 0 aliphatic rings. The number of aryl methyl sites for hydroxylation is 1. The highest BCUT2D eigenvalue weighted by Gasteiger charge is 2.24. The number of rotatable bonds is 9. The number of carbonyl (C=O) groups excluding carboxylic acids is 2. The Hall–Kier alpha value is -3.65. The lowest BCUT2D eigenvalue weighted by Gasteiger charge is -2.22.